The summed E-state index contributed by atoms with van der Waals surface area (Å²) in [6.07, 6.45) is 0. The molecular weight excluding hydrogens is 709 g/mol. The molecule has 0 saturated carbocycles. The third-order valence-electron chi connectivity index (χ3n) is 11.4. The van der Waals surface area contributed by atoms with Crippen LogP contribution in [0, 0.1) is 0 Å². The monoisotopic (exact) mass is 740 g/mol. The predicted octanol–water partition coefficient (Wildman–Crippen LogP) is 13.8. The van der Waals surface area contributed by atoms with Gasteiger partial charge < -0.3 is 8.98 Å². The zero-order chi connectivity index (χ0) is 38.2. The van der Waals surface area contributed by atoms with Crippen LogP contribution in [0.5, 0.6) is 0 Å². The Morgan fingerprint density at radius 2 is 0.897 bits per heavy atom. The van der Waals surface area contributed by atoms with Gasteiger partial charge in [-0.3, -0.25) is 0 Å². The maximum atomic E-state index is 6.88. The van der Waals surface area contributed by atoms with Crippen LogP contribution >= 0.6 is 0 Å². The van der Waals surface area contributed by atoms with Crippen molar-refractivity contribution in [1.82, 2.24) is 19.5 Å². The third kappa shape index (κ3) is 5.21. The van der Waals surface area contributed by atoms with E-state index in [1.54, 1.807) is 0 Å². The van der Waals surface area contributed by atoms with Gasteiger partial charge in [-0.2, -0.15) is 0 Å². The third-order valence-corrected chi connectivity index (χ3v) is 11.4. The first-order valence-electron chi connectivity index (χ1n) is 19.5. The Bertz CT molecular complexity index is 3430. The molecule has 0 bridgehead atoms. The minimum Gasteiger partial charge on any atom is -0.456 e. The van der Waals surface area contributed by atoms with Crippen molar-refractivity contribution in [2.45, 2.75) is 0 Å². The number of furan rings is 1. The zero-order valence-corrected chi connectivity index (χ0v) is 31.2. The second kappa shape index (κ2) is 12.8. The van der Waals surface area contributed by atoms with Crippen LogP contribution in [0.4, 0.5) is 0 Å². The molecule has 0 N–H and O–H groups in total. The second-order valence-corrected chi connectivity index (χ2v) is 14.8. The molecule has 5 nitrogen and oxygen atoms in total. The Hall–Kier alpha value is -7.89. The van der Waals surface area contributed by atoms with E-state index < -0.39 is 0 Å². The van der Waals surface area contributed by atoms with E-state index in [2.05, 4.69) is 193 Å². The number of nitrogens with zero attached hydrogens (tertiary/aromatic N) is 4. The Kier molecular flexibility index (Phi) is 7.16. The zero-order valence-electron chi connectivity index (χ0n) is 31.2. The lowest BCUT2D eigenvalue weighted by Gasteiger charge is -2.12. The maximum absolute atomic E-state index is 6.88. The predicted molar refractivity (Wildman–Crippen MR) is 238 cm³/mol. The van der Waals surface area contributed by atoms with Gasteiger partial charge in [-0.15, -0.1) is 0 Å². The molecule has 58 heavy (non-hydrogen) atoms. The molecule has 270 valence electrons. The highest BCUT2D eigenvalue weighted by atomic mass is 16.3. The van der Waals surface area contributed by atoms with Crippen molar-refractivity contribution in [3.8, 4) is 51.0 Å². The van der Waals surface area contributed by atoms with Crippen LogP contribution in [0.15, 0.2) is 199 Å². The summed E-state index contributed by atoms with van der Waals surface area (Å²) < 4.78 is 9.21. The van der Waals surface area contributed by atoms with Crippen LogP contribution in [0.1, 0.15) is 0 Å². The first-order chi connectivity index (χ1) is 28.7. The minimum absolute atomic E-state index is 0.582. The van der Waals surface area contributed by atoms with E-state index in [0.717, 1.165) is 88.0 Å². The SMILES string of the molecule is c1ccc(-c2cc(-c3nc(-c4ccc5ccccc5c4)nc(-c4ccc5ccccc5c4)n3)c3c(c2)oc2cc(-n4c5ccccc5c5ccccc54)ccc23)cc1. The van der Waals surface area contributed by atoms with Crippen molar-refractivity contribution in [2.75, 3.05) is 0 Å². The lowest BCUT2D eigenvalue weighted by Crippen LogP contribution is -2.01. The van der Waals surface area contributed by atoms with Gasteiger partial charge in [0.05, 0.1) is 11.0 Å². The van der Waals surface area contributed by atoms with Crippen LogP contribution in [0.3, 0.4) is 0 Å². The summed E-state index contributed by atoms with van der Waals surface area (Å²) in [6, 6.07) is 68.0. The summed E-state index contributed by atoms with van der Waals surface area (Å²) in [5.41, 5.74) is 9.72. The molecule has 12 aromatic rings. The second-order valence-electron chi connectivity index (χ2n) is 14.8. The minimum atomic E-state index is 0.582. The van der Waals surface area contributed by atoms with Crippen LogP contribution in [-0.2, 0) is 0 Å². The van der Waals surface area contributed by atoms with Crippen molar-refractivity contribution in [2.24, 2.45) is 0 Å². The van der Waals surface area contributed by atoms with Gasteiger partial charge in [0.15, 0.2) is 17.5 Å². The summed E-state index contributed by atoms with van der Waals surface area (Å²) in [5, 5.41) is 8.98. The fraction of sp³-hybridized carbons (Fsp3) is 0. The topological polar surface area (TPSA) is 56.7 Å². The molecule has 0 spiro atoms. The highest BCUT2D eigenvalue weighted by Crippen LogP contribution is 2.42. The van der Waals surface area contributed by atoms with Gasteiger partial charge in [-0.25, -0.2) is 15.0 Å². The molecule has 0 atom stereocenters. The lowest BCUT2D eigenvalue weighted by atomic mass is 9.98. The summed E-state index contributed by atoms with van der Waals surface area (Å²) in [5.74, 6) is 1.80. The molecule has 3 aromatic heterocycles. The van der Waals surface area contributed by atoms with Crippen molar-refractivity contribution < 1.29 is 4.42 Å². The average Bonchev–Trinajstić information content (AvgIpc) is 3.84. The van der Waals surface area contributed by atoms with E-state index in [-0.39, 0.29) is 0 Å². The summed E-state index contributed by atoms with van der Waals surface area (Å²) in [7, 11) is 0. The van der Waals surface area contributed by atoms with Crippen LogP contribution in [-0.4, -0.2) is 19.5 Å². The number of hydrogen-bond acceptors (Lipinski definition) is 4. The first-order valence-corrected chi connectivity index (χ1v) is 19.5. The molecular formula is C53H32N4O. The molecule has 5 heteroatoms. The number of fused-ring (bicyclic) bond motifs is 8. The Labute approximate surface area is 333 Å². The fourth-order valence-electron chi connectivity index (χ4n) is 8.62. The maximum Gasteiger partial charge on any atom is 0.164 e. The van der Waals surface area contributed by atoms with Gasteiger partial charge in [0.2, 0.25) is 0 Å². The Morgan fingerprint density at radius 3 is 1.53 bits per heavy atom. The lowest BCUT2D eigenvalue weighted by molar-refractivity contribution is 0.669. The standard InChI is InChI=1S/C53H32N4O/c1-2-12-33(13-3-1)40-30-45(50-44-27-26-41(32-48(44)58-49(50)31-40)57-46-20-10-8-18-42(46)43-19-9-11-21-47(43)57)53-55-51(38-24-22-34-14-4-6-16-36(34)28-38)54-52(56-53)39-25-23-35-15-5-7-17-37(35)29-39/h1-32H. The molecule has 0 aliphatic carbocycles. The molecule has 0 unspecified atom stereocenters. The van der Waals surface area contributed by atoms with E-state index in [1.807, 2.05) is 6.07 Å². The van der Waals surface area contributed by atoms with E-state index in [1.165, 1.54) is 10.8 Å². The molecule has 0 amide bonds. The molecule has 0 fully saturated rings. The molecule has 9 aromatic carbocycles. The number of benzene rings is 9. The number of rotatable bonds is 5. The fourth-order valence-corrected chi connectivity index (χ4v) is 8.62. The summed E-state index contributed by atoms with van der Waals surface area (Å²) in [6.45, 7) is 0. The largest absolute Gasteiger partial charge is 0.456 e. The Balaban J connectivity index is 1.12. The van der Waals surface area contributed by atoms with Gasteiger partial charge in [0.25, 0.3) is 0 Å². The highest BCUT2D eigenvalue weighted by Gasteiger charge is 2.21. The Morgan fingerprint density at radius 1 is 0.345 bits per heavy atom. The summed E-state index contributed by atoms with van der Waals surface area (Å²) in [4.78, 5) is 15.8. The van der Waals surface area contributed by atoms with E-state index in [4.69, 9.17) is 19.4 Å². The van der Waals surface area contributed by atoms with Crippen molar-refractivity contribution in [3.05, 3.63) is 194 Å². The first kappa shape index (κ1) is 32.4. The van der Waals surface area contributed by atoms with E-state index in [9.17, 15) is 0 Å². The number of aromatic nitrogens is 4. The molecule has 12 rings (SSSR count). The smallest absolute Gasteiger partial charge is 0.164 e. The molecule has 0 aliphatic rings. The van der Waals surface area contributed by atoms with Crippen LogP contribution in [0.25, 0.3) is 116 Å². The van der Waals surface area contributed by atoms with Gasteiger partial charge in [0, 0.05) is 50.0 Å². The number of para-hydroxylation sites is 2. The normalized spacial score (nSPS) is 11.8. The van der Waals surface area contributed by atoms with E-state index >= 15 is 0 Å². The van der Waals surface area contributed by atoms with Gasteiger partial charge in [0.1, 0.15) is 11.2 Å². The van der Waals surface area contributed by atoms with Crippen molar-refractivity contribution >= 4 is 65.3 Å². The van der Waals surface area contributed by atoms with Gasteiger partial charge >= 0.3 is 0 Å². The number of hydrogen-bond donors (Lipinski definition) is 0. The van der Waals surface area contributed by atoms with E-state index in [0.29, 0.717) is 17.5 Å². The molecule has 3 heterocycles. The quantitative estimate of drug-likeness (QED) is 0.176. The molecule has 0 radical (unpaired) electrons. The average molecular weight is 741 g/mol. The van der Waals surface area contributed by atoms with Crippen LogP contribution < -0.4 is 0 Å². The molecule has 0 saturated heterocycles. The van der Waals surface area contributed by atoms with Gasteiger partial charge in [-0.05, 0) is 81.2 Å². The van der Waals surface area contributed by atoms with Crippen LogP contribution in [0.2, 0.25) is 0 Å². The van der Waals surface area contributed by atoms with Crippen molar-refractivity contribution in [3.63, 3.8) is 0 Å². The van der Waals surface area contributed by atoms with Gasteiger partial charge in [-0.1, -0.05) is 140 Å². The van der Waals surface area contributed by atoms with Crippen molar-refractivity contribution in [1.29, 1.82) is 0 Å². The summed E-state index contributed by atoms with van der Waals surface area (Å²) >= 11 is 0. The highest BCUT2D eigenvalue weighted by molar-refractivity contribution is 6.14. The molecule has 0 aliphatic heterocycles.